The molecule has 2 fully saturated rings. The van der Waals surface area contributed by atoms with Crippen molar-refractivity contribution in [3.05, 3.63) is 66.1 Å². The molecule has 0 saturated carbocycles. The molecule has 6 nitrogen and oxygen atoms in total. The molecule has 0 aliphatic carbocycles. The molecule has 2 aliphatic rings. The van der Waals surface area contributed by atoms with Crippen molar-refractivity contribution in [2.45, 2.75) is 50.1 Å². The number of halogens is 1. The number of carbonyl (C=O) groups excluding carboxylic acids is 1. The predicted molar refractivity (Wildman–Crippen MR) is 103 cm³/mol. The molecule has 0 N–H and O–H groups in total. The molecule has 1 amide bonds. The Morgan fingerprint density at radius 2 is 1.90 bits per heavy atom. The molecule has 1 aromatic carbocycles. The van der Waals surface area contributed by atoms with E-state index in [0.717, 1.165) is 36.8 Å². The first-order valence-corrected chi connectivity index (χ1v) is 9.97. The first-order valence-electron chi connectivity index (χ1n) is 9.97. The lowest BCUT2D eigenvalue weighted by Gasteiger charge is -2.38. The van der Waals surface area contributed by atoms with Gasteiger partial charge in [0.15, 0.2) is 0 Å². The number of benzene rings is 1. The molecule has 29 heavy (non-hydrogen) atoms. The Morgan fingerprint density at radius 1 is 1.14 bits per heavy atom. The van der Waals surface area contributed by atoms with Gasteiger partial charge in [0.2, 0.25) is 17.6 Å². The highest BCUT2D eigenvalue weighted by Crippen LogP contribution is 2.43. The molecule has 7 heteroatoms. The summed E-state index contributed by atoms with van der Waals surface area (Å²) < 4.78 is 18.7. The quantitative estimate of drug-likeness (QED) is 0.676. The van der Waals surface area contributed by atoms with Gasteiger partial charge in [0, 0.05) is 36.0 Å². The number of hydrogen-bond acceptors (Lipinski definition) is 5. The van der Waals surface area contributed by atoms with E-state index in [-0.39, 0.29) is 29.7 Å². The largest absolute Gasteiger partial charge is 0.339 e. The van der Waals surface area contributed by atoms with Gasteiger partial charge in [-0.05, 0) is 55.5 Å². The van der Waals surface area contributed by atoms with Crippen molar-refractivity contribution in [3.8, 4) is 11.4 Å². The second-order valence-electron chi connectivity index (χ2n) is 7.86. The number of pyridine rings is 1. The number of rotatable bonds is 4. The molecule has 4 heterocycles. The van der Waals surface area contributed by atoms with Gasteiger partial charge in [-0.2, -0.15) is 4.98 Å². The van der Waals surface area contributed by atoms with Crippen molar-refractivity contribution in [1.29, 1.82) is 0 Å². The molecule has 2 aliphatic heterocycles. The Kier molecular flexibility index (Phi) is 4.58. The molecule has 3 atom stereocenters. The molecular weight excluding hydrogens is 371 g/mol. The fourth-order valence-electron chi connectivity index (χ4n) is 4.67. The van der Waals surface area contributed by atoms with Crippen molar-refractivity contribution < 1.29 is 13.7 Å². The Balaban J connectivity index is 1.28. The van der Waals surface area contributed by atoms with Crippen LogP contribution in [0, 0.1) is 5.82 Å². The molecule has 2 aromatic heterocycles. The average molecular weight is 392 g/mol. The summed E-state index contributed by atoms with van der Waals surface area (Å²) in [7, 11) is 0. The van der Waals surface area contributed by atoms with Gasteiger partial charge in [-0.1, -0.05) is 17.3 Å². The third-order valence-corrected chi connectivity index (χ3v) is 6.00. The van der Waals surface area contributed by atoms with Gasteiger partial charge >= 0.3 is 0 Å². The number of nitrogens with zero attached hydrogens (tertiary/aromatic N) is 4. The fraction of sp³-hybridized carbons (Fsp3) is 0.364. The number of fused-ring (bicyclic) bond motifs is 2. The summed E-state index contributed by atoms with van der Waals surface area (Å²) in [5.74, 6) is 1.19. The number of amides is 1. The van der Waals surface area contributed by atoms with Crippen LogP contribution in [0.4, 0.5) is 4.39 Å². The van der Waals surface area contributed by atoms with Gasteiger partial charge in [-0.25, -0.2) is 4.39 Å². The molecule has 3 aromatic rings. The SMILES string of the molecule is O=C(Cc1ccc(F)cc1)N1[C@@H]2CC[C@H]1CC(c1nc(-c3cccnc3)no1)C2. The standard InChI is InChI=1S/C22H21FN4O2/c23-17-5-3-14(4-6-17)10-20(28)27-18-7-8-19(27)12-16(11-18)22-25-21(26-29-22)15-2-1-9-24-13-15/h1-6,9,13,16,18-19H,7-8,10-12H2/t16?,18-,19+. The maximum atomic E-state index is 13.1. The smallest absolute Gasteiger partial charge is 0.230 e. The molecule has 2 bridgehead atoms. The Hall–Kier alpha value is -3.09. The van der Waals surface area contributed by atoms with E-state index in [4.69, 9.17) is 4.52 Å². The van der Waals surface area contributed by atoms with Gasteiger partial charge in [-0.3, -0.25) is 9.78 Å². The topological polar surface area (TPSA) is 72.1 Å². The van der Waals surface area contributed by atoms with Crippen LogP contribution in [-0.2, 0) is 11.2 Å². The summed E-state index contributed by atoms with van der Waals surface area (Å²) in [6, 6.07) is 10.3. The number of piperidine rings is 1. The number of aromatic nitrogens is 3. The van der Waals surface area contributed by atoms with Crippen LogP contribution in [0.3, 0.4) is 0 Å². The summed E-state index contributed by atoms with van der Waals surface area (Å²) in [5.41, 5.74) is 1.67. The van der Waals surface area contributed by atoms with Crippen LogP contribution in [0.1, 0.15) is 43.1 Å². The second-order valence-corrected chi connectivity index (χ2v) is 7.86. The van der Waals surface area contributed by atoms with Crippen LogP contribution in [0.2, 0.25) is 0 Å². The number of hydrogen-bond donors (Lipinski definition) is 0. The third kappa shape index (κ3) is 3.52. The average Bonchev–Trinajstić information content (AvgIpc) is 3.33. The monoisotopic (exact) mass is 392 g/mol. The first-order chi connectivity index (χ1) is 14.2. The molecule has 5 rings (SSSR count). The van der Waals surface area contributed by atoms with Crippen LogP contribution in [0.5, 0.6) is 0 Å². The Bertz CT molecular complexity index is 991. The first kappa shape index (κ1) is 18.0. The van der Waals surface area contributed by atoms with E-state index >= 15 is 0 Å². The zero-order valence-electron chi connectivity index (χ0n) is 15.9. The minimum atomic E-state index is -0.285. The molecular formula is C22H21FN4O2. The van der Waals surface area contributed by atoms with Gasteiger partial charge in [-0.15, -0.1) is 0 Å². The van der Waals surface area contributed by atoms with Crippen LogP contribution in [0.15, 0.2) is 53.3 Å². The van der Waals surface area contributed by atoms with Crippen LogP contribution >= 0.6 is 0 Å². The van der Waals surface area contributed by atoms with Crippen molar-refractivity contribution in [2.75, 3.05) is 0 Å². The third-order valence-electron chi connectivity index (χ3n) is 6.00. The zero-order chi connectivity index (χ0) is 19.8. The molecule has 0 radical (unpaired) electrons. The Labute approximate surface area is 167 Å². The lowest BCUT2D eigenvalue weighted by Crippen LogP contribution is -2.46. The summed E-state index contributed by atoms with van der Waals surface area (Å²) >= 11 is 0. The van der Waals surface area contributed by atoms with Crippen LogP contribution in [0.25, 0.3) is 11.4 Å². The molecule has 1 unspecified atom stereocenters. The lowest BCUT2D eigenvalue weighted by atomic mass is 9.90. The van der Waals surface area contributed by atoms with Crippen molar-refractivity contribution in [2.24, 2.45) is 0 Å². The van der Waals surface area contributed by atoms with E-state index in [1.165, 1.54) is 12.1 Å². The van der Waals surface area contributed by atoms with Gasteiger partial charge in [0.1, 0.15) is 5.82 Å². The minimum Gasteiger partial charge on any atom is -0.339 e. The predicted octanol–water partition coefficient (Wildman–Crippen LogP) is 3.75. The second kappa shape index (κ2) is 7.39. The lowest BCUT2D eigenvalue weighted by molar-refractivity contribution is -0.135. The highest BCUT2D eigenvalue weighted by Gasteiger charge is 2.44. The summed E-state index contributed by atoms with van der Waals surface area (Å²) in [6.45, 7) is 0. The van der Waals surface area contributed by atoms with Crippen LogP contribution < -0.4 is 0 Å². The highest BCUT2D eigenvalue weighted by atomic mass is 19.1. The van der Waals surface area contributed by atoms with Crippen molar-refractivity contribution in [1.82, 2.24) is 20.0 Å². The van der Waals surface area contributed by atoms with Gasteiger partial charge in [0.25, 0.3) is 0 Å². The van der Waals surface area contributed by atoms with E-state index in [2.05, 4.69) is 15.1 Å². The molecule has 2 saturated heterocycles. The summed E-state index contributed by atoms with van der Waals surface area (Å²) in [5, 5.41) is 4.11. The Morgan fingerprint density at radius 3 is 2.59 bits per heavy atom. The maximum Gasteiger partial charge on any atom is 0.230 e. The summed E-state index contributed by atoms with van der Waals surface area (Å²) in [4.78, 5) is 23.6. The molecule has 148 valence electrons. The fourth-order valence-corrected chi connectivity index (χ4v) is 4.67. The highest BCUT2D eigenvalue weighted by molar-refractivity contribution is 5.80. The van der Waals surface area contributed by atoms with Gasteiger partial charge < -0.3 is 9.42 Å². The number of carbonyl (C=O) groups is 1. The van der Waals surface area contributed by atoms with E-state index < -0.39 is 0 Å². The van der Waals surface area contributed by atoms with Crippen molar-refractivity contribution >= 4 is 5.91 Å². The van der Waals surface area contributed by atoms with E-state index in [0.29, 0.717) is 18.1 Å². The maximum absolute atomic E-state index is 13.1. The molecule has 0 spiro atoms. The zero-order valence-corrected chi connectivity index (χ0v) is 15.9. The van der Waals surface area contributed by atoms with E-state index in [1.807, 2.05) is 17.0 Å². The van der Waals surface area contributed by atoms with E-state index in [9.17, 15) is 9.18 Å². The summed E-state index contributed by atoms with van der Waals surface area (Å²) in [6.07, 6.45) is 7.40. The minimum absolute atomic E-state index is 0.115. The van der Waals surface area contributed by atoms with Gasteiger partial charge in [0.05, 0.1) is 6.42 Å². The van der Waals surface area contributed by atoms with E-state index in [1.54, 1.807) is 24.5 Å². The normalized spacial score (nSPS) is 23.3. The van der Waals surface area contributed by atoms with Crippen molar-refractivity contribution in [3.63, 3.8) is 0 Å². The van der Waals surface area contributed by atoms with Crippen LogP contribution in [-0.4, -0.2) is 38.0 Å².